The van der Waals surface area contributed by atoms with Gasteiger partial charge in [-0.15, -0.1) is 11.8 Å². The van der Waals surface area contributed by atoms with E-state index < -0.39 is 0 Å². The van der Waals surface area contributed by atoms with Crippen molar-refractivity contribution >= 4 is 23.6 Å². The van der Waals surface area contributed by atoms with E-state index >= 15 is 0 Å². The van der Waals surface area contributed by atoms with Gasteiger partial charge in [0, 0.05) is 13.1 Å². The molecule has 1 saturated heterocycles. The number of nitrogens with one attached hydrogen (secondary N) is 1. The summed E-state index contributed by atoms with van der Waals surface area (Å²) in [5, 5.41) is 2.84. The second-order valence-corrected chi connectivity index (χ2v) is 7.82. The minimum Gasteiger partial charge on any atom is -0.494 e. The van der Waals surface area contributed by atoms with Crippen LogP contribution in [0.25, 0.3) is 0 Å². The molecular formula is C21H32N2O4S. The second-order valence-electron chi connectivity index (χ2n) is 6.83. The predicted octanol–water partition coefficient (Wildman–Crippen LogP) is 2.85. The fourth-order valence-electron chi connectivity index (χ4n) is 3.08. The summed E-state index contributed by atoms with van der Waals surface area (Å²) in [5.41, 5.74) is 1.28. The number of hydrogen-bond donors (Lipinski definition) is 1. The van der Waals surface area contributed by atoms with Crippen molar-refractivity contribution in [2.75, 3.05) is 44.4 Å². The van der Waals surface area contributed by atoms with Crippen molar-refractivity contribution in [3.05, 3.63) is 29.8 Å². The highest BCUT2D eigenvalue weighted by Gasteiger charge is 2.10. The van der Waals surface area contributed by atoms with Gasteiger partial charge >= 0.3 is 5.97 Å². The molecule has 0 atom stereocenters. The van der Waals surface area contributed by atoms with E-state index in [9.17, 15) is 9.59 Å². The van der Waals surface area contributed by atoms with Crippen LogP contribution in [-0.2, 0) is 20.9 Å². The smallest absolute Gasteiger partial charge is 0.315 e. The van der Waals surface area contributed by atoms with Gasteiger partial charge in [0.05, 0.1) is 24.7 Å². The van der Waals surface area contributed by atoms with E-state index in [1.165, 1.54) is 49.7 Å². The number of carbonyl (C=O) groups excluding carboxylic acids is 2. The summed E-state index contributed by atoms with van der Waals surface area (Å²) >= 11 is 1.26. The molecule has 0 bridgehead atoms. The Bertz CT molecular complexity index is 606. The number of hydrogen-bond acceptors (Lipinski definition) is 6. The minimum atomic E-state index is -0.281. The molecule has 0 unspecified atom stereocenters. The maximum Gasteiger partial charge on any atom is 0.315 e. The van der Waals surface area contributed by atoms with Crippen LogP contribution in [0.2, 0.25) is 0 Å². The molecule has 0 spiro atoms. The van der Waals surface area contributed by atoms with Crippen LogP contribution >= 0.6 is 11.8 Å². The maximum atomic E-state index is 11.7. The second kappa shape index (κ2) is 13.4. The Balaban J connectivity index is 1.56. The van der Waals surface area contributed by atoms with E-state index in [1.807, 2.05) is 12.1 Å². The van der Waals surface area contributed by atoms with Gasteiger partial charge in [-0.25, -0.2) is 0 Å². The van der Waals surface area contributed by atoms with E-state index in [4.69, 9.17) is 9.47 Å². The highest BCUT2D eigenvalue weighted by atomic mass is 32.2. The Morgan fingerprint density at radius 3 is 2.79 bits per heavy atom. The van der Waals surface area contributed by atoms with E-state index in [-0.39, 0.29) is 23.4 Å². The maximum absolute atomic E-state index is 11.7. The van der Waals surface area contributed by atoms with Gasteiger partial charge in [0.1, 0.15) is 5.75 Å². The van der Waals surface area contributed by atoms with Crippen LogP contribution in [0.4, 0.5) is 0 Å². The number of ether oxygens (including phenoxy) is 2. The van der Waals surface area contributed by atoms with Crippen molar-refractivity contribution in [3.8, 4) is 5.75 Å². The topological polar surface area (TPSA) is 67.9 Å². The zero-order chi connectivity index (χ0) is 20.0. The van der Waals surface area contributed by atoms with E-state index in [0.717, 1.165) is 18.7 Å². The molecule has 0 saturated carbocycles. The molecule has 0 aromatic heterocycles. The van der Waals surface area contributed by atoms with E-state index in [1.54, 1.807) is 6.92 Å². The molecule has 156 valence electrons. The van der Waals surface area contributed by atoms with E-state index in [0.29, 0.717) is 19.8 Å². The number of nitrogens with zero attached hydrogens (tertiary/aromatic N) is 1. The number of esters is 1. The Labute approximate surface area is 172 Å². The fraction of sp³-hybridized carbons (Fsp3) is 0.619. The van der Waals surface area contributed by atoms with Gasteiger partial charge in [-0.2, -0.15) is 0 Å². The molecule has 28 heavy (non-hydrogen) atoms. The number of benzene rings is 1. The Morgan fingerprint density at radius 1 is 1.18 bits per heavy atom. The van der Waals surface area contributed by atoms with Gasteiger partial charge in [0.25, 0.3) is 0 Å². The number of thioether (sulfide) groups is 1. The lowest BCUT2D eigenvalue weighted by Gasteiger charge is -2.26. The SMILES string of the molecule is CCOC(=O)CSCC(=O)NCCCOc1cccc(CN2CCCCC2)c1. The standard InChI is InChI=1S/C21H32N2O4S/c1-2-26-21(25)17-28-16-20(24)22-10-7-13-27-19-9-6-8-18(14-19)15-23-11-4-3-5-12-23/h6,8-9,14H,2-5,7,10-13,15-17H2,1H3,(H,22,24). The van der Waals surface area contributed by atoms with Crippen molar-refractivity contribution in [2.24, 2.45) is 0 Å². The Kier molecular flexibility index (Phi) is 10.8. The summed E-state index contributed by atoms with van der Waals surface area (Å²) in [6.45, 7) is 6.60. The van der Waals surface area contributed by atoms with Crippen LogP contribution in [-0.4, -0.2) is 61.1 Å². The zero-order valence-corrected chi connectivity index (χ0v) is 17.6. The average molecular weight is 409 g/mol. The molecular weight excluding hydrogens is 376 g/mol. The predicted molar refractivity (Wildman–Crippen MR) is 113 cm³/mol. The van der Waals surface area contributed by atoms with Gasteiger partial charge in [-0.05, 0) is 57.0 Å². The summed E-state index contributed by atoms with van der Waals surface area (Å²) in [6, 6.07) is 8.27. The van der Waals surface area contributed by atoms with Crippen molar-refractivity contribution in [3.63, 3.8) is 0 Å². The largest absolute Gasteiger partial charge is 0.494 e. The third kappa shape index (κ3) is 9.46. The first kappa shape index (κ1) is 22.6. The third-order valence-electron chi connectivity index (χ3n) is 4.42. The molecule has 1 aromatic rings. The molecule has 1 heterocycles. The zero-order valence-electron chi connectivity index (χ0n) is 16.8. The van der Waals surface area contributed by atoms with Crippen LogP contribution in [0.1, 0.15) is 38.2 Å². The molecule has 1 amide bonds. The lowest BCUT2D eigenvalue weighted by molar-refractivity contribution is -0.139. The van der Waals surface area contributed by atoms with Gasteiger partial charge in [-0.3, -0.25) is 14.5 Å². The van der Waals surface area contributed by atoms with Crippen molar-refractivity contribution in [1.82, 2.24) is 10.2 Å². The molecule has 1 aromatic carbocycles. The molecule has 2 rings (SSSR count). The van der Waals surface area contributed by atoms with Crippen molar-refractivity contribution in [1.29, 1.82) is 0 Å². The number of likely N-dealkylation sites (tertiary alicyclic amines) is 1. The number of rotatable bonds is 12. The van der Waals surface area contributed by atoms with E-state index in [2.05, 4.69) is 22.3 Å². The molecule has 0 aliphatic carbocycles. The highest BCUT2D eigenvalue weighted by molar-refractivity contribution is 8.00. The average Bonchev–Trinajstić information content (AvgIpc) is 2.69. The minimum absolute atomic E-state index is 0.0715. The van der Waals surface area contributed by atoms with Gasteiger partial charge in [0.2, 0.25) is 5.91 Å². The van der Waals surface area contributed by atoms with Crippen LogP contribution < -0.4 is 10.1 Å². The third-order valence-corrected chi connectivity index (χ3v) is 5.33. The van der Waals surface area contributed by atoms with Gasteiger partial charge < -0.3 is 14.8 Å². The lowest BCUT2D eigenvalue weighted by atomic mass is 10.1. The Hall–Kier alpha value is -1.73. The highest BCUT2D eigenvalue weighted by Crippen LogP contribution is 2.17. The summed E-state index contributed by atoms with van der Waals surface area (Å²) < 4.78 is 10.6. The summed E-state index contributed by atoms with van der Waals surface area (Å²) in [4.78, 5) is 25.4. The summed E-state index contributed by atoms with van der Waals surface area (Å²) in [7, 11) is 0. The Morgan fingerprint density at radius 2 is 2.00 bits per heavy atom. The molecule has 1 N–H and O–H groups in total. The van der Waals surface area contributed by atoms with Crippen molar-refractivity contribution in [2.45, 2.75) is 39.2 Å². The van der Waals surface area contributed by atoms with Crippen LogP contribution in [0.3, 0.4) is 0 Å². The number of amides is 1. The first-order chi connectivity index (χ1) is 13.7. The fourth-order valence-corrected chi connectivity index (χ4v) is 3.72. The molecule has 1 aliphatic rings. The molecule has 0 radical (unpaired) electrons. The number of carbonyl (C=O) groups is 2. The summed E-state index contributed by atoms with van der Waals surface area (Å²) in [6.07, 6.45) is 4.68. The van der Waals surface area contributed by atoms with Gasteiger partial charge in [-0.1, -0.05) is 18.6 Å². The van der Waals surface area contributed by atoms with Gasteiger partial charge in [0.15, 0.2) is 0 Å². The van der Waals surface area contributed by atoms with Crippen molar-refractivity contribution < 1.29 is 19.1 Å². The number of piperidine rings is 1. The molecule has 7 heteroatoms. The first-order valence-corrected chi connectivity index (χ1v) is 11.3. The van der Waals surface area contributed by atoms with Crippen LogP contribution in [0.15, 0.2) is 24.3 Å². The lowest BCUT2D eigenvalue weighted by Crippen LogP contribution is -2.29. The molecule has 1 fully saturated rings. The van der Waals surface area contributed by atoms with Crippen LogP contribution in [0.5, 0.6) is 5.75 Å². The first-order valence-electron chi connectivity index (χ1n) is 10.1. The summed E-state index contributed by atoms with van der Waals surface area (Å²) in [5.74, 6) is 0.996. The van der Waals surface area contributed by atoms with Crippen LogP contribution in [0, 0.1) is 0 Å². The molecule has 1 aliphatic heterocycles. The normalized spacial score (nSPS) is 14.5. The molecule has 6 nitrogen and oxygen atoms in total. The quantitative estimate of drug-likeness (QED) is 0.424. The monoisotopic (exact) mass is 408 g/mol.